The van der Waals surface area contributed by atoms with Gasteiger partial charge in [0.2, 0.25) is 5.91 Å². The fraction of sp³-hybridized carbons (Fsp3) is 0.130. The van der Waals surface area contributed by atoms with Gasteiger partial charge in [0.1, 0.15) is 0 Å². The van der Waals surface area contributed by atoms with Crippen LogP contribution in [0.4, 0.5) is 5.69 Å². The molecule has 9 heteroatoms. The second kappa shape index (κ2) is 9.02. The van der Waals surface area contributed by atoms with Crippen LogP contribution in [-0.4, -0.2) is 18.9 Å². The van der Waals surface area contributed by atoms with Crippen molar-refractivity contribution in [1.82, 2.24) is 4.57 Å². The minimum absolute atomic E-state index is 0.0556. The van der Waals surface area contributed by atoms with E-state index in [4.69, 9.17) is 16.0 Å². The number of carbonyl (C=O) groups is 1. The van der Waals surface area contributed by atoms with E-state index in [-0.39, 0.29) is 29.5 Å². The highest BCUT2D eigenvalue weighted by Crippen LogP contribution is 2.20. The van der Waals surface area contributed by atoms with Gasteiger partial charge >= 0.3 is 5.76 Å². The summed E-state index contributed by atoms with van der Waals surface area (Å²) in [5.41, 5.74) is 2.19. The van der Waals surface area contributed by atoms with E-state index in [1.807, 2.05) is 0 Å². The van der Waals surface area contributed by atoms with Crippen molar-refractivity contribution in [2.45, 2.75) is 23.6 Å². The van der Waals surface area contributed by atoms with E-state index in [2.05, 4.69) is 5.32 Å². The third kappa shape index (κ3) is 4.92. The van der Waals surface area contributed by atoms with Gasteiger partial charge in [-0.3, -0.25) is 9.36 Å². The van der Waals surface area contributed by atoms with Gasteiger partial charge in [0.25, 0.3) is 0 Å². The molecule has 1 heterocycles. The van der Waals surface area contributed by atoms with Crippen LogP contribution in [0.2, 0.25) is 5.02 Å². The van der Waals surface area contributed by atoms with E-state index in [1.54, 1.807) is 48.5 Å². The van der Waals surface area contributed by atoms with Gasteiger partial charge in [-0.25, -0.2) is 13.2 Å². The molecule has 0 saturated carbocycles. The molecule has 164 valence electrons. The number of benzene rings is 3. The predicted octanol–water partition coefficient (Wildman–Crippen LogP) is 4.25. The lowest BCUT2D eigenvalue weighted by Gasteiger charge is -2.08. The molecule has 4 rings (SSSR count). The highest BCUT2D eigenvalue weighted by Gasteiger charge is 2.16. The largest absolute Gasteiger partial charge is 0.419 e. The Kier molecular flexibility index (Phi) is 6.16. The Morgan fingerprint density at radius 1 is 0.969 bits per heavy atom. The summed E-state index contributed by atoms with van der Waals surface area (Å²) in [6.07, 6.45) is 0.0556. The number of nitrogens with zero attached hydrogens (tertiary/aromatic N) is 1. The molecule has 3 aromatic carbocycles. The van der Waals surface area contributed by atoms with E-state index in [9.17, 15) is 18.0 Å². The van der Waals surface area contributed by atoms with E-state index in [1.165, 1.54) is 28.8 Å². The molecule has 32 heavy (non-hydrogen) atoms. The first kappa shape index (κ1) is 21.9. The molecule has 0 radical (unpaired) electrons. The van der Waals surface area contributed by atoms with Crippen molar-refractivity contribution < 1.29 is 17.6 Å². The van der Waals surface area contributed by atoms with Crippen molar-refractivity contribution in [1.29, 1.82) is 0 Å². The van der Waals surface area contributed by atoms with Crippen LogP contribution in [0.15, 0.2) is 86.9 Å². The van der Waals surface area contributed by atoms with Gasteiger partial charge in [0, 0.05) is 23.7 Å². The van der Waals surface area contributed by atoms with Crippen LogP contribution in [0.5, 0.6) is 0 Å². The Bertz CT molecular complexity index is 1420. The number of hydrogen-bond acceptors (Lipinski definition) is 5. The Labute approximate surface area is 189 Å². The van der Waals surface area contributed by atoms with Crippen LogP contribution in [0.25, 0.3) is 11.1 Å². The fourth-order valence-electron chi connectivity index (χ4n) is 3.29. The van der Waals surface area contributed by atoms with Gasteiger partial charge in [-0.05, 0) is 54.1 Å². The smallest absolute Gasteiger partial charge is 0.408 e. The molecule has 1 amide bonds. The second-order valence-electron chi connectivity index (χ2n) is 7.20. The van der Waals surface area contributed by atoms with Crippen molar-refractivity contribution in [3.05, 3.63) is 93.9 Å². The second-order valence-corrected chi connectivity index (χ2v) is 9.62. The average molecular weight is 471 g/mol. The molecular weight excluding hydrogens is 452 g/mol. The summed E-state index contributed by atoms with van der Waals surface area (Å²) in [4.78, 5) is 24.5. The standard InChI is InChI=1S/C23H19ClN2O5S/c24-17-7-5-16(6-8-17)15-32(29,30)19-11-9-18(10-12-19)25-22(27)13-14-26-20-3-1-2-4-21(20)31-23(26)28/h1-12H,13-15H2,(H,25,27). The number of sulfone groups is 1. The molecule has 1 N–H and O–H groups in total. The molecule has 0 saturated heterocycles. The number of nitrogens with one attached hydrogen (secondary N) is 1. The van der Waals surface area contributed by atoms with Gasteiger partial charge in [-0.15, -0.1) is 0 Å². The van der Waals surface area contributed by atoms with E-state index in [0.29, 0.717) is 27.4 Å². The molecule has 0 aliphatic heterocycles. The zero-order valence-corrected chi connectivity index (χ0v) is 18.4. The maximum Gasteiger partial charge on any atom is 0.419 e. The molecule has 0 atom stereocenters. The number of anilines is 1. The van der Waals surface area contributed by atoms with Crippen LogP contribution in [-0.2, 0) is 26.9 Å². The summed E-state index contributed by atoms with van der Waals surface area (Å²) in [5, 5.41) is 3.25. The summed E-state index contributed by atoms with van der Waals surface area (Å²) < 4.78 is 31.8. The topological polar surface area (TPSA) is 98.4 Å². The summed E-state index contributed by atoms with van der Waals surface area (Å²) >= 11 is 5.84. The highest BCUT2D eigenvalue weighted by atomic mass is 35.5. The number of amides is 1. The number of halogens is 1. The number of rotatable bonds is 7. The maximum atomic E-state index is 12.6. The molecule has 0 aliphatic carbocycles. The first-order valence-corrected chi connectivity index (χ1v) is 11.8. The minimum atomic E-state index is -3.54. The number of para-hydroxylation sites is 2. The van der Waals surface area contributed by atoms with Gasteiger partial charge in [0.05, 0.1) is 16.2 Å². The monoisotopic (exact) mass is 470 g/mol. The fourth-order valence-corrected chi connectivity index (χ4v) is 4.77. The third-order valence-electron chi connectivity index (χ3n) is 4.90. The zero-order valence-electron chi connectivity index (χ0n) is 16.8. The maximum absolute atomic E-state index is 12.6. The van der Waals surface area contributed by atoms with E-state index in [0.717, 1.165) is 0 Å². The molecule has 7 nitrogen and oxygen atoms in total. The Morgan fingerprint density at radius 3 is 2.38 bits per heavy atom. The Hall–Kier alpha value is -3.36. The van der Waals surface area contributed by atoms with Gasteiger partial charge in [-0.2, -0.15) is 0 Å². The van der Waals surface area contributed by atoms with Gasteiger partial charge in [-0.1, -0.05) is 35.9 Å². The number of aromatic nitrogens is 1. The number of hydrogen-bond donors (Lipinski definition) is 1. The first-order valence-electron chi connectivity index (χ1n) is 9.77. The molecular formula is C23H19ClN2O5S. The molecule has 1 aromatic heterocycles. The zero-order chi connectivity index (χ0) is 22.7. The van der Waals surface area contributed by atoms with Crippen LogP contribution in [0.1, 0.15) is 12.0 Å². The number of carbonyl (C=O) groups excluding carboxylic acids is 1. The van der Waals surface area contributed by atoms with Gasteiger partial charge in [0.15, 0.2) is 15.4 Å². The van der Waals surface area contributed by atoms with Crippen molar-refractivity contribution in [2.24, 2.45) is 0 Å². The van der Waals surface area contributed by atoms with Crippen molar-refractivity contribution in [3.8, 4) is 0 Å². The summed E-state index contributed by atoms with van der Waals surface area (Å²) in [6.45, 7) is 0.162. The minimum Gasteiger partial charge on any atom is -0.408 e. The van der Waals surface area contributed by atoms with Gasteiger partial charge < -0.3 is 9.73 Å². The van der Waals surface area contributed by atoms with Crippen molar-refractivity contribution >= 4 is 44.1 Å². The summed E-state index contributed by atoms with van der Waals surface area (Å²) in [5.74, 6) is -0.975. The number of aryl methyl sites for hydroxylation is 1. The van der Waals surface area contributed by atoms with E-state index < -0.39 is 15.6 Å². The molecule has 4 aromatic rings. The number of fused-ring (bicyclic) bond motifs is 1. The van der Waals surface area contributed by atoms with Crippen LogP contribution < -0.4 is 11.1 Å². The molecule has 0 unspecified atom stereocenters. The number of oxazole rings is 1. The van der Waals surface area contributed by atoms with Crippen molar-refractivity contribution in [3.63, 3.8) is 0 Å². The predicted molar refractivity (Wildman–Crippen MR) is 123 cm³/mol. The molecule has 0 spiro atoms. The normalized spacial score (nSPS) is 11.5. The van der Waals surface area contributed by atoms with Crippen molar-refractivity contribution in [2.75, 3.05) is 5.32 Å². The molecule has 0 fully saturated rings. The SMILES string of the molecule is O=C(CCn1c(=O)oc2ccccc21)Nc1ccc(S(=O)(=O)Cc2ccc(Cl)cc2)cc1. The Morgan fingerprint density at radius 2 is 1.66 bits per heavy atom. The van der Waals surface area contributed by atoms with E-state index >= 15 is 0 Å². The molecule has 0 bridgehead atoms. The lowest BCUT2D eigenvalue weighted by Crippen LogP contribution is -2.19. The lowest BCUT2D eigenvalue weighted by molar-refractivity contribution is -0.116. The Balaban J connectivity index is 1.38. The highest BCUT2D eigenvalue weighted by molar-refractivity contribution is 7.90. The summed E-state index contributed by atoms with van der Waals surface area (Å²) in [7, 11) is -3.54. The average Bonchev–Trinajstić information content (AvgIpc) is 3.09. The quantitative estimate of drug-likeness (QED) is 0.435. The van der Waals surface area contributed by atoms with Crippen LogP contribution >= 0.6 is 11.6 Å². The molecule has 0 aliphatic rings. The lowest BCUT2D eigenvalue weighted by atomic mass is 10.2. The summed E-state index contributed by atoms with van der Waals surface area (Å²) in [6, 6.07) is 19.6. The first-order chi connectivity index (χ1) is 15.3. The third-order valence-corrected chi connectivity index (χ3v) is 6.86. The van der Waals surface area contributed by atoms with Crippen LogP contribution in [0.3, 0.4) is 0 Å². The van der Waals surface area contributed by atoms with Crippen LogP contribution in [0, 0.1) is 0 Å².